The van der Waals surface area contributed by atoms with Gasteiger partial charge in [0.15, 0.2) is 12.6 Å². The number of hydrogen-bond acceptors (Lipinski definition) is 11. The van der Waals surface area contributed by atoms with Crippen molar-refractivity contribution in [2.24, 2.45) is 0 Å². The Morgan fingerprint density at radius 1 is 0.923 bits per heavy atom. The van der Waals surface area contributed by atoms with Crippen molar-refractivity contribution in [3.8, 4) is 0 Å². The molecule has 2 heterocycles. The van der Waals surface area contributed by atoms with E-state index in [1.54, 1.807) is 0 Å². The quantitative estimate of drug-likeness (QED) is 0.226. The lowest BCUT2D eigenvalue weighted by atomic mass is 9.95. The number of ether oxygens (including phenoxy) is 3. The smallest absolute Gasteiger partial charge is 0.217 e. The molecule has 0 spiro atoms. The Morgan fingerprint density at radius 3 is 2.04 bits per heavy atom. The molecule has 2 aliphatic rings. The zero-order valence-electron chi connectivity index (χ0n) is 14.0. The molecule has 9 unspecified atom stereocenters. The molecule has 0 bridgehead atoms. The molecule has 10 atom stereocenters. The number of rotatable bonds is 5. The van der Waals surface area contributed by atoms with Crippen LogP contribution in [0.3, 0.4) is 0 Å². The van der Waals surface area contributed by atoms with E-state index in [-0.39, 0.29) is 0 Å². The van der Waals surface area contributed by atoms with Gasteiger partial charge >= 0.3 is 0 Å². The van der Waals surface area contributed by atoms with E-state index < -0.39 is 80.5 Å². The van der Waals surface area contributed by atoms with E-state index in [0.29, 0.717) is 0 Å². The number of amides is 1. The van der Waals surface area contributed by atoms with Gasteiger partial charge in [0, 0.05) is 6.92 Å². The maximum absolute atomic E-state index is 11.4. The van der Waals surface area contributed by atoms with E-state index in [0.717, 1.165) is 6.92 Å². The van der Waals surface area contributed by atoms with Crippen LogP contribution in [0.25, 0.3) is 0 Å². The predicted octanol–water partition coefficient (Wildman–Crippen LogP) is -5.25. The fourth-order valence-corrected chi connectivity index (χ4v) is 2.97. The Kier molecular flexibility index (Phi) is 7.27. The van der Waals surface area contributed by atoms with E-state index in [4.69, 9.17) is 14.2 Å². The second-order valence-corrected chi connectivity index (χ2v) is 6.26. The number of carbonyl (C=O) groups is 1. The molecule has 0 aromatic carbocycles. The lowest BCUT2D eigenvalue weighted by Crippen LogP contribution is -2.67. The Hall–Kier alpha value is -0.930. The molecule has 0 saturated carbocycles. The first-order valence-corrected chi connectivity index (χ1v) is 8.06. The molecule has 152 valence electrons. The number of aliphatic hydroxyl groups excluding tert-OH is 7. The van der Waals surface area contributed by atoms with Gasteiger partial charge in [-0.25, -0.2) is 0 Å². The molecule has 26 heavy (non-hydrogen) atoms. The molecule has 1 amide bonds. The van der Waals surface area contributed by atoms with E-state index >= 15 is 0 Å². The van der Waals surface area contributed by atoms with Crippen molar-refractivity contribution in [2.75, 3.05) is 13.2 Å². The lowest BCUT2D eigenvalue weighted by Gasteiger charge is -2.46. The summed E-state index contributed by atoms with van der Waals surface area (Å²) >= 11 is 0. The van der Waals surface area contributed by atoms with Crippen LogP contribution in [0.1, 0.15) is 6.92 Å². The Labute approximate surface area is 148 Å². The SMILES string of the molecule is CC(=O)NC1C(O)OC(CO)[C@H](O)C1OC1OC(CO)C(O)C(O)C1O. The van der Waals surface area contributed by atoms with Gasteiger partial charge in [-0.15, -0.1) is 0 Å². The van der Waals surface area contributed by atoms with Gasteiger partial charge < -0.3 is 55.3 Å². The van der Waals surface area contributed by atoms with E-state index in [9.17, 15) is 40.5 Å². The first-order chi connectivity index (χ1) is 12.2. The minimum atomic E-state index is -1.74. The first-order valence-electron chi connectivity index (χ1n) is 8.06. The summed E-state index contributed by atoms with van der Waals surface area (Å²) in [5, 5.41) is 70.7. The summed E-state index contributed by atoms with van der Waals surface area (Å²) in [5.41, 5.74) is 0. The molecule has 0 aromatic rings. The van der Waals surface area contributed by atoms with Gasteiger partial charge in [0.25, 0.3) is 0 Å². The lowest BCUT2D eigenvalue weighted by molar-refractivity contribution is -0.341. The second-order valence-electron chi connectivity index (χ2n) is 6.26. The molecule has 2 aliphatic heterocycles. The van der Waals surface area contributed by atoms with Crippen molar-refractivity contribution >= 4 is 5.91 Å². The minimum absolute atomic E-state index is 0.574. The van der Waals surface area contributed by atoms with Crippen LogP contribution >= 0.6 is 0 Å². The minimum Gasteiger partial charge on any atom is -0.394 e. The second kappa shape index (κ2) is 8.84. The van der Waals surface area contributed by atoms with Crippen molar-refractivity contribution in [3.05, 3.63) is 0 Å². The normalized spacial score (nSPS) is 46.8. The van der Waals surface area contributed by atoms with Crippen LogP contribution in [0.2, 0.25) is 0 Å². The Balaban J connectivity index is 2.21. The highest BCUT2D eigenvalue weighted by Gasteiger charge is 2.50. The Bertz CT molecular complexity index is 478. The molecule has 2 rings (SSSR count). The summed E-state index contributed by atoms with van der Waals surface area (Å²) in [6, 6.07) is -1.28. The van der Waals surface area contributed by atoms with Gasteiger partial charge in [-0.05, 0) is 0 Å². The molecule has 12 nitrogen and oxygen atoms in total. The summed E-state index contributed by atoms with van der Waals surface area (Å²) in [6.45, 7) is -0.195. The van der Waals surface area contributed by atoms with Crippen LogP contribution in [-0.4, -0.2) is 116 Å². The highest BCUT2D eigenvalue weighted by Crippen LogP contribution is 2.28. The summed E-state index contributed by atoms with van der Waals surface area (Å²) in [6.07, 6.45) is -13.7. The van der Waals surface area contributed by atoms with Crippen LogP contribution in [0.5, 0.6) is 0 Å². The number of hydrogen-bond donors (Lipinski definition) is 8. The highest BCUT2D eigenvalue weighted by atomic mass is 16.7. The third kappa shape index (κ3) is 4.31. The fourth-order valence-electron chi connectivity index (χ4n) is 2.97. The summed E-state index contributed by atoms with van der Waals surface area (Å²) in [4.78, 5) is 11.4. The summed E-state index contributed by atoms with van der Waals surface area (Å²) in [7, 11) is 0. The molecule has 0 aromatic heterocycles. The van der Waals surface area contributed by atoms with Gasteiger partial charge in [-0.3, -0.25) is 4.79 Å². The number of aliphatic hydroxyl groups is 7. The maximum atomic E-state index is 11.4. The number of carbonyl (C=O) groups excluding carboxylic acids is 1. The van der Waals surface area contributed by atoms with E-state index in [2.05, 4.69) is 5.32 Å². The van der Waals surface area contributed by atoms with Crippen LogP contribution in [0.15, 0.2) is 0 Å². The average molecular weight is 383 g/mol. The molecule has 8 N–H and O–H groups in total. The van der Waals surface area contributed by atoms with Gasteiger partial charge in [-0.1, -0.05) is 0 Å². The molecule has 12 heteroatoms. The van der Waals surface area contributed by atoms with Crippen LogP contribution in [-0.2, 0) is 19.0 Å². The van der Waals surface area contributed by atoms with Gasteiger partial charge in [0.2, 0.25) is 5.91 Å². The van der Waals surface area contributed by atoms with Crippen LogP contribution in [0.4, 0.5) is 0 Å². The molecular formula is C14H25NO11. The molecule has 0 aliphatic carbocycles. The molecule has 0 radical (unpaired) electrons. The molecule has 2 saturated heterocycles. The van der Waals surface area contributed by atoms with Crippen molar-refractivity contribution in [1.29, 1.82) is 0 Å². The fraction of sp³-hybridized carbons (Fsp3) is 0.929. The standard InChI is InChI=1S/C14H25NO11/c1-4(18)15-7-12(9(20)6(3-17)24-13(7)23)26-14-11(22)10(21)8(19)5(2-16)25-14/h5-14,16-17,19-23H,2-3H2,1H3,(H,15,18)/t5?,6?,7?,8?,9-,10?,11?,12?,13?,14?/m0/s1. The summed E-state index contributed by atoms with van der Waals surface area (Å²) in [5.74, 6) is -0.574. The van der Waals surface area contributed by atoms with Crippen molar-refractivity contribution in [2.45, 2.75) is 68.3 Å². The monoisotopic (exact) mass is 383 g/mol. The first kappa shape index (κ1) is 21.4. The van der Waals surface area contributed by atoms with E-state index in [1.807, 2.05) is 0 Å². The van der Waals surface area contributed by atoms with Gasteiger partial charge in [0.1, 0.15) is 48.8 Å². The van der Waals surface area contributed by atoms with Gasteiger partial charge in [0.05, 0.1) is 13.2 Å². The van der Waals surface area contributed by atoms with Crippen molar-refractivity contribution in [1.82, 2.24) is 5.32 Å². The largest absolute Gasteiger partial charge is 0.394 e. The van der Waals surface area contributed by atoms with Gasteiger partial charge in [-0.2, -0.15) is 0 Å². The van der Waals surface area contributed by atoms with Crippen LogP contribution < -0.4 is 5.32 Å². The average Bonchev–Trinajstić information content (AvgIpc) is 2.60. The van der Waals surface area contributed by atoms with Crippen molar-refractivity contribution in [3.63, 3.8) is 0 Å². The summed E-state index contributed by atoms with van der Waals surface area (Å²) < 4.78 is 15.7. The maximum Gasteiger partial charge on any atom is 0.217 e. The van der Waals surface area contributed by atoms with E-state index in [1.165, 1.54) is 0 Å². The third-order valence-corrected chi connectivity index (χ3v) is 4.38. The Morgan fingerprint density at radius 2 is 1.50 bits per heavy atom. The highest BCUT2D eigenvalue weighted by molar-refractivity contribution is 5.73. The van der Waals surface area contributed by atoms with Crippen molar-refractivity contribution < 1.29 is 54.8 Å². The zero-order valence-corrected chi connectivity index (χ0v) is 14.0. The third-order valence-electron chi connectivity index (χ3n) is 4.38. The number of nitrogens with one attached hydrogen (secondary N) is 1. The topological polar surface area (TPSA) is 198 Å². The van der Waals surface area contributed by atoms with Crippen LogP contribution in [0, 0.1) is 0 Å². The zero-order chi connectivity index (χ0) is 19.6. The molecular weight excluding hydrogens is 358 g/mol. The molecule has 2 fully saturated rings. The predicted molar refractivity (Wildman–Crippen MR) is 80.2 cm³/mol.